The van der Waals surface area contributed by atoms with Crippen molar-refractivity contribution in [3.63, 3.8) is 0 Å². The number of fused-ring (bicyclic) bond motifs is 1. The van der Waals surface area contributed by atoms with Gasteiger partial charge < -0.3 is 5.32 Å². The summed E-state index contributed by atoms with van der Waals surface area (Å²) >= 11 is 0. The molecule has 3 rings (SSSR count). The second-order valence-corrected chi connectivity index (χ2v) is 4.99. The SMILES string of the molecule is Cc1ccc([C@@]23CNC[C@@H]2C3)cc1C. The van der Waals surface area contributed by atoms with E-state index < -0.39 is 0 Å². The van der Waals surface area contributed by atoms with Gasteiger partial charge in [0.05, 0.1) is 0 Å². The maximum Gasteiger partial charge on any atom is 0.0122 e. The summed E-state index contributed by atoms with van der Waals surface area (Å²) in [5, 5.41) is 3.50. The van der Waals surface area contributed by atoms with Crippen LogP contribution >= 0.6 is 0 Å². The lowest BCUT2D eigenvalue weighted by molar-refractivity contribution is 0.675. The minimum atomic E-state index is 0.526. The quantitative estimate of drug-likeness (QED) is 0.710. The third kappa shape index (κ3) is 0.992. The largest absolute Gasteiger partial charge is 0.316 e. The van der Waals surface area contributed by atoms with Crippen LogP contribution in [0.15, 0.2) is 18.2 Å². The molecule has 1 aliphatic carbocycles. The van der Waals surface area contributed by atoms with Crippen LogP contribution < -0.4 is 5.32 Å². The van der Waals surface area contributed by atoms with Gasteiger partial charge in [-0.1, -0.05) is 18.2 Å². The molecule has 74 valence electrons. The van der Waals surface area contributed by atoms with Crippen LogP contribution in [0.25, 0.3) is 0 Å². The van der Waals surface area contributed by atoms with Gasteiger partial charge in [-0.3, -0.25) is 0 Å². The number of nitrogens with one attached hydrogen (secondary N) is 1. The topological polar surface area (TPSA) is 12.0 Å². The molecule has 0 aromatic heterocycles. The molecule has 0 bridgehead atoms. The molecule has 1 nitrogen and oxygen atoms in total. The molecule has 2 atom stereocenters. The molecule has 2 fully saturated rings. The standard InChI is InChI=1S/C13H17N/c1-9-3-4-11(5-10(9)2)13-6-12(13)7-14-8-13/h3-5,12,14H,6-8H2,1-2H3/t12-,13+/m0/s1. The van der Waals surface area contributed by atoms with Crippen molar-refractivity contribution in [2.75, 3.05) is 13.1 Å². The van der Waals surface area contributed by atoms with Crippen LogP contribution in [-0.4, -0.2) is 13.1 Å². The molecule has 1 aliphatic heterocycles. The highest BCUT2D eigenvalue weighted by Crippen LogP contribution is 2.56. The van der Waals surface area contributed by atoms with Gasteiger partial charge in [-0.25, -0.2) is 0 Å². The monoisotopic (exact) mass is 187 g/mol. The lowest BCUT2D eigenvalue weighted by Gasteiger charge is -2.13. The Kier molecular flexibility index (Phi) is 1.58. The van der Waals surface area contributed by atoms with Crippen LogP contribution in [0, 0.1) is 19.8 Å². The first-order chi connectivity index (χ1) is 6.72. The number of hydrogen-bond donors (Lipinski definition) is 1. The minimum absolute atomic E-state index is 0.526. The van der Waals surface area contributed by atoms with Gasteiger partial charge in [-0.15, -0.1) is 0 Å². The second kappa shape index (κ2) is 2.60. The van der Waals surface area contributed by atoms with Gasteiger partial charge in [0.15, 0.2) is 0 Å². The molecule has 1 saturated carbocycles. The van der Waals surface area contributed by atoms with Crippen LogP contribution in [0.1, 0.15) is 23.1 Å². The zero-order valence-electron chi connectivity index (χ0n) is 8.93. The number of benzene rings is 1. The number of rotatable bonds is 1. The van der Waals surface area contributed by atoms with E-state index in [4.69, 9.17) is 0 Å². The molecular formula is C13H17N. The highest BCUT2D eigenvalue weighted by atomic mass is 15.0. The summed E-state index contributed by atoms with van der Waals surface area (Å²) in [7, 11) is 0. The first kappa shape index (κ1) is 8.49. The highest BCUT2D eigenvalue weighted by Gasteiger charge is 2.57. The lowest BCUT2D eigenvalue weighted by atomic mass is 9.92. The van der Waals surface area contributed by atoms with Crippen LogP contribution in [-0.2, 0) is 5.41 Å². The fraction of sp³-hybridized carbons (Fsp3) is 0.538. The zero-order chi connectivity index (χ0) is 9.76. The van der Waals surface area contributed by atoms with Gasteiger partial charge in [0.25, 0.3) is 0 Å². The molecule has 0 unspecified atom stereocenters. The van der Waals surface area contributed by atoms with E-state index in [-0.39, 0.29) is 0 Å². The Balaban J connectivity index is 2.01. The van der Waals surface area contributed by atoms with E-state index in [1.165, 1.54) is 30.6 Å². The average molecular weight is 187 g/mol. The van der Waals surface area contributed by atoms with E-state index >= 15 is 0 Å². The normalized spacial score (nSPS) is 34.3. The van der Waals surface area contributed by atoms with Crippen molar-refractivity contribution < 1.29 is 0 Å². The van der Waals surface area contributed by atoms with Gasteiger partial charge in [0, 0.05) is 12.0 Å². The van der Waals surface area contributed by atoms with Crippen molar-refractivity contribution >= 4 is 0 Å². The predicted octanol–water partition coefficient (Wildman–Crippen LogP) is 2.16. The molecule has 0 amide bonds. The molecular weight excluding hydrogens is 170 g/mol. The van der Waals surface area contributed by atoms with Crippen LogP contribution in [0.2, 0.25) is 0 Å². The zero-order valence-corrected chi connectivity index (χ0v) is 8.93. The summed E-state index contributed by atoms with van der Waals surface area (Å²) in [5.41, 5.74) is 4.94. The summed E-state index contributed by atoms with van der Waals surface area (Å²) in [6.45, 7) is 6.83. The Morgan fingerprint density at radius 3 is 2.71 bits per heavy atom. The van der Waals surface area contributed by atoms with Crippen molar-refractivity contribution in [2.45, 2.75) is 25.7 Å². The number of aryl methyl sites for hydroxylation is 2. The molecule has 1 heteroatoms. The Bertz CT molecular complexity index is 383. The maximum atomic E-state index is 3.50. The van der Waals surface area contributed by atoms with Crippen molar-refractivity contribution in [3.05, 3.63) is 34.9 Å². The first-order valence-corrected chi connectivity index (χ1v) is 5.51. The van der Waals surface area contributed by atoms with Gasteiger partial charge in [-0.2, -0.15) is 0 Å². The van der Waals surface area contributed by atoms with Crippen molar-refractivity contribution in [1.29, 1.82) is 0 Å². The van der Waals surface area contributed by atoms with E-state index in [9.17, 15) is 0 Å². The van der Waals surface area contributed by atoms with Crippen molar-refractivity contribution in [1.82, 2.24) is 5.32 Å². The molecule has 1 aromatic rings. The minimum Gasteiger partial charge on any atom is -0.316 e. The molecule has 14 heavy (non-hydrogen) atoms. The van der Waals surface area contributed by atoms with Gasteiger partial charge in [0.2, 0.25) is 0 Å². The van der Waals surface area contributed by atoms with Crippen molar-refractivity contribution in [2.24, 2.45) is 5.92 Å². The van der Waals surface area contributed by atoms with Crippen LogP contribution in [0.3, 0.4) is 0 Å². The summed E-state index contributed by atoms with van der Waals surface area (Å²) in [6, 6.07) is 6.99. The second-order valence-electron chi connectivity index (χ2n) is 4.99. The number of hydrogen-bond acceptors (Lipinski definition) is 1. The predicted molar refractivity (Wildman–Crippen MR) is 58.6 cm³/mol. The summed E-state index contributed by atoms with van der Waals surface area (Å²) in [4.78, 5) is 0. The fourth-order valence-electron chi connectivity index (χ4n) is 2.84. The van der Waals surface area contributed by atoms with Crippen LogP contribution in [0.5, 0.6) is 0 Å². The van der Waals surface area contributed by atoms with E-state index in [1.54, 1.807) is 5.56 Å². The van der Waals surface area contributed by atoms with Crippen LogP contribution in [0.4, 0.5) is 0 Å². The third-order valence-corrected chi connectivity index (χ3v) is 4.15. The molecule has 0 spiro atoms. The molecule has 0 radical (unpaired) electrons. The average Bonchev–Trinajstić information content (AvgIpc) is 2.75. The smallest absolute Gasteiger partial charge is 0.0122 e. The summed E-state index contributed by atoms with van der Waals surface area (Å²) in [6.07, 6.45) is 1.41. The highest BCUT2D eigenvalue weighted by molar-refractivity contribution is 5.41. The van der Waals surface area contributed by atoms with E-state index in [2.05, 4.69) is 37.4 Å². The Morgan fingerprint density at radius 1 is 1.29 bits per heavy atom. The lowest BCUT2D eigenvalue weighted by Crippen LogP contribution is -2.19. The molecule has 1 N–H and O–H groups in total. The number of piperidine rings is 1. The van der Waals surface area contributed by atoms with E-state index in [1.807, 2.05) is 0 Å². The Labute approximate surface area is 85.5 Å². The van der Waals surface area contributed by atoms with E-state index in [0.29, 0.717) is 5.41 Å². The van der Waals surface area contributed by atoms with Crippen molar-refractivity contribution in [3.8, 4) is 0 Å². The molecule has 2 aliphatic rings. The fourth-order valence-corrected chi connectivity index (χ4v) is 2.84. The van der Waals surface area contributed by atoms with Gasteiger partial charge in [-0.05, 0) is 49.4 Å². The van der Waals surface area contributed by atoms with E-state index in [0.717, 1.165) is 5.92 Å². The summed E-state index contributed by atoms with van der Waals surface area (Å²) < 4.78 is 0. The molecule has 1 aromatic carbocycles. The Hall–Kier alpha value is -0.820. The molecule has 1 saturated heterocycles. The van der Waals surface area contributed by atoms with Gasteiger partial charge >= 0.3 is 0 Å². The molecule has 1 heterocycles. The Morgan fingerprint density at radius 2 is 2.14 bits per heavy atom. The maximum absolute atomic E-state index is 3.50. The third-order valence-electron chi connectivity index (χ3n) is 4.15. The first-order valence-electron chi connectivity index (χ1n) is 5.51. The van der Waals surface area contributed by atoms with Gasteiger partial charge in [0.1, 0.15) is 0 Å². The summed E-state index contributed by atoms with van der Waals surface area (Å²) in [5.74, 6) is 0.921.